The number of nitrogens with one attached hydrogen (secondary N) is 2. The minimum Gasteiger partial charge on any atom is -0.381 e. The van der Waals surface area contributed by atoms with Gasteiger partial charge < -0.3 is 5.32 Å². The number of rotatable bonds is 3. The number of halogens is 2. The van der Waals surface area contributed by atoms with Crippen LogP contribution in [0.2, 0.25) is 10.2 Å². The van der Waals surface area contributed by atoms with Crippen molar-refractivity contribution in [3.05, 3.63) is 68.1 Å². The fourth-order valence-electron chi connectivity index (χ4n) is 2.24. The highest BCUT2D eigenvalue weighted by atomic mass is 35.5. The first-order valence-electron chi connectivity index (χ1n) is 6.71. The van der Waals surface area contributed by atoms with Crippen molar-refractivity contribution in [2.24, 2.45) is 0 Å². The molecule has 0 saturated heterocycles. The maximum absolute atomic E-state index is 11.7. The molecule has 1 heterocycles. The fraction of sp³-hybridized carbons (Fsp3) is 0.125. The molecule has 0 aliphatic rings. The summed E-state index contributed by atoms with van der Waals surface area (Å²) in [4.78, 5) is 11.7. The van der Waals surface area contributed by atoms with Crippen molar-refractivity contribution in [3.63, 3.8) is 0 Å². The number of aromatic amines is 1. The molecule has 0 atom stereocenters. The summed E-state index contributed by atoms with van der Waals surface area (Å²) in [5, 5.41) is 11.5. The van der Waals surface area contributed by atoms with Gasteiger partial charge in [0.2, 0.25) is 0 Å². The molecule has 2 N–H and O–H groups in total. The maximum Gasteiger partial charge on any atom is 0.272 e. The third kappa shape index (κ3) is 2.93. The van der Waals surface area contributed by atoms with Crippen molar-refractivity contribution in [2.75, 3.05) is 5.32 Å². The molecule has 0 spiro atoms. The van der Waals surface area contributed by atoms with Crippen molar-refractivity contribution in [1.29, 1.82) is 0 Å². The predicted octanol–water partition coefficient (Wildman–Crippen LogP) is 4.15. The zero-order valence-corrected chi connectivity index (χ0v) is 13.3. The Balaban J connectivity index is 1.88. The molecule has 4 nitrogen and oxygen atoms in total. The second-order valence-corrected chi connectivity index (χ2v) is 5.82. The molecule has 0 amide bonds. The largest absolute Gasteiger partial charge is 0.381 e. The normalized spacial score (nSPS) is 10.9. The number of nitrogens with zero attached hydrogens (tertiary/aromatic N) is 1. The van der Waals surface area contributed by atoms with E-state index in [1.54, 1.807) is 6.07 Å². The number of aromatic nitrogens is 2. The number of H-pyrrole nitrogens is 1. The van der Waals surface area contributed by atoms with E-state index in [2.05, 4.69) is 15.5 Å². The van der Waals surface area contributed by atoms with E-state index in [0.717, 1.165) is 21.8 Å². The van der Waals surface area contributed by atoms with Gasteiger partial charge in [0.05, 0.1) is 5.39 Å². The minimum absolute atomic E-state index is 0.257. The Hall–Kier alpha value is -2.04. The van der Waals surface area contributed by atoms with Crippen LogP contribution in [0.5, 0.6) is 0 Å². The molecular formula is C16H13Cl2N3O. The summed E-state index contributed by atoms with van der Waals surface area (Å²) in [7, 11) is 0. The molecule has 0 unspecified atom stereocenters. The average molecular weight is 334 g/mol. The zero-order chi connectivity index (χ0) is 15.7. The van der Waals surface area contributed by atoms with Crippen molar-refractivity contribution < 1.29 is 0 Å². The van der Waals surface area contributed by atoms with Gasteiger partial charge in [0, 0.05) is 22.6 Å². The lowest BCUT2D eigenvalue weighted by molar-refractivity contribution is 1.01. The van der Waals surface area contributed by atoms with Crippen LogP contribution in [-0.2, 0) is 6.54 Å². The number of benzene rings is 2. The van der Waals surface area contributed by atoms with E-state index in [-0.39, 0.29) is 10.7 Å². The summed E-state index contributed by atoms with van der Waals surface area (Å²) in [6.07, 6.45) is 0. The van der Waals surface area contributed by atoms with E-state index in [0.29, 0.717) is 17.3 Å². The van der Waals surface area contributed by atoms with Crippen LogP contribution in [0.1, 0.15) is 11.1 Å². The van der Waals surface area contributed by atoms with Crippen LogP contribution in [0, 0.1) is 6.92 Å². The summed E-state index contributed by atoms with van der Waals surface area (Å²) in [5.41, 5.74) is 2.71. The standard InChI is InChI=1S/C16H13Cl2N3O/c1-9-2-3-10(14(17)6-9)8-19-11-4-5-12-13(7-11)15(18)20-21-16(12)22/h2-7,19H,8H2,1H3,(H,21,22). The van der Waals surface area contributed by atoms with Gasteiger partial charge in [-0.3, -0.25) is 4.79 Å². The Bertz CT molecular complexity index is 906. The van der Waals surface area contributed by atoms with Crippen LogP contribution in [0.4, 0.5) is 5.69 Å². The molecule has 0 radical (unpaired) electrons. The second kappa shape index (κ2) is 5.99. The molecule has 0 bridgehead atoms. The maximum atomic E-state index is 11.7. The van der Waals surface area contributed by atoms with E-state index in [1.165, 1.54) is 0 Å². The summed E-state index contributed by atoms with van der Waals surface area (Å²) < 4.78 is 0. The topological polar surface area (TPSA) is 57.8 Å². The summed E-state index contributed by atoms with van der Waals surface area (Å²) in [6.45, 7) is 2.58. The van der Waals surface area contributed by atoms with E-state index < -0.39 is 0 Å². The number of anilines is 1. The highest BCUT2D eigenvalue weighted by Gasteiger charge is 2.06. The van der Waals surface area contributed by atoms with Crippen LogP contribution in [-0.4, -0.2) is 10.2 Å². The summed E-state index contributed by atoms with van der Waals surface area (Å²) in [6, 6.07) is 11.3. The number of hydrogen-bond donors (Lipinski definition) is 2. The minimum atomic E-state index is -0.257. The molecule has 6 heteroatoms. The van der Waals surface area contributed by atoms with E-state index >= 15 is 0 Å². The third-order valence-corrected chi connectivity index (χ3v) is 4.07. The van der Waals surface area contributed by atoms with Crippen LogP contribution in [0.15, 0.2) is 41.2 Å². The van der Waals surface area contributed by atoms with E-state index in [9.17, 15) is 4.79 Å². The van der Waals surface area contributed by atoms with Gasteiger partial charge in [0.15, 0.2) is 5.15 Å². The lowest BCUT2D eigenvalue weighted by atomic mass is 10.1. The lowest BCUT2D eigenvalue weighted by Gasteiger charge is -2.10. The summed E-state index contributed by atoms with van der Waals surface area (Å²) >= 11 is 12.3. The molecule has 0 aliphatic heterocycles. The Morgan fingerprint density at radius 3 is 2.73 bits per heavy atom. The first-order chi connectivity index (χ1) is 10.5. The first kappa shape index (κ1) is 14.9. The molecule has 112 valence electrons. The van der Waals surface area contributed by atoms with Crippen molar-refractivity contribution in [1.82, 2.24) is 10.2 Å². The smallest absolute Gasteiger partial charge is 0.272 e. The number of hydrogen-bond acceptors (Lipinski definition) is 3. The molecule has 3 rings (SSSR count). The van der Waals surface area contributed by atoms with Crippen LogP contribution in [0.25, 0.3) is 10.8 Å². The quantitative estimate of drug-likeness (QED) is 0.756. The average Bonchev–Trinajstić information content (AvgIpc) is 2.50. The number of aryl methyl sites for hydroxylation is 1. The Morgan fingerprint density at radius 2 is 1.95 bits per heavy atom. The lowest BCUT2D eigenvalue weighted by Crippen LogP contribution is -2.08. The van der Waals surface area contributed by atoms with Crippen LogP contribution in [0.3, 0.4) is 0 Å². The Kier molecular flexibility index (Phi) is 4.05. The molecular weight excluding hydrogens is 321 g/mol. The zero-order valence-electron chi connectivity index (χ0n) is 11.8. The molecule has 0 fully saturated rings. The van der Waals surface area contributed by atoms with Gasteiger partial charge in [-0.25, -0.2) is 5.10 Å². The predicted molar refractivity (Wildman–Crippen MR) is 90.9 cm³/mol. The Morgan fingerprint density at radius 1 is 1.14 bits per heavy atom. The highest BCUT2D eigenvalue weighted by molar-refractivity contribution is 6.34. The molecule has 3 aromatic rings. The van der Waals surface area contributed by atoms with Gasteiger partial charge in [-0.15, -0.1) is 0 Å². The fourth-order valence-corrected chi connectivity index (χ4v) is 2.74. The van der Waals surface area contributed by atoms with Gasteiger partial charge in [-0.2, -0.15) is 5.10 Å². The molecule has 2 aromatic carbocycles. The first-order valence-corrected chi connectivity index (χ1v) is 7.47. The van der Waals surface area contributed by atoms with Gasteiger partial charge in [-0.1, -0.05) is 35.3 Å². The van der Waals surface area contributed by atoms with Crippen molar-refractivity contribution in [2.45, 2.75) is 13.5 Å². The van der Waals surface area contributed by atoms with Gasteiger partial charge in [-0.05, 0) is 42.3 Å². The van der Waals surface area contributed by atoms with Crippen LogP contribution >= 0.6 is 23.2 Å². The summed E-state index contributed by atoms with van der Waals surface area (Å²) in [5.74, 6) is 0. The van der Waals surface area contributed by atoms with Gasteiger partial charge >= 0.3 is 0 Å². The van der Waals surface area contributed by atoms with Gasteiger partial charge in [0.25, 0.3) is 5.56 Å². The van der Waals surface area contributed by atoms with Gasteiger partial charge in [0.1, 0.15) is 0 Å². The Labute approximate surface area is 137 Å². The monoisotopic (exact) mass is 333 g/mol. The highest BCUT2D eigenvalue weighted by Crippen LogP contribution is 2.23. The number of fused-ring (bicyclic) bond motifs is 1. The molecule has 22 heavy (non-hydrogen) atoms. The third-order valence-electron chi connectivity index (χ3n) is 3.43. The van der Waals surface area contributed by atoms with Crippen LogP contribution < -0.4 is 10.9 Å². The molecule has 0 aliphatic carbocycles. The SMILES string of the molecule is Cc1ccc(CNc2ccc3c(=O)[nH]nc(Cl)c3c2)c(Cl)c1. The molecule has 0 saturated carbocycles. The van der Waals surface area contributed by atoms with Crippen molar-refractivity contribution in [3.8, 4) is 0 Å². The second-order valence-electron chi connectivity index (χ2n) is 5.05. The van der Waals surface area contributed by atoms with E-state index in [1.807, 2.05) is 37.3 Å². The molecule has 1 aromatic heterocycles. The van der Waals surface area contributed by atoms with Crippen molar-refractivity contribution >= 4 is 39.7 Å². The van der Waals surface area contributed by atoms with E-state index in [4.69, 9.17) is 23.2 Å².